The molecule has 0 heterocycles. The predicted octanol–water partition coefficient (Wildman–Crippen LogP) is 3.58. The number of carboxylic acids is 1. The van der Waals surface area contributed by atoms with Gasteiger partial charge in [-0.3, -0.25) is 0 Å². The van der Waals surface area contributed by atoms with Crippen molar-refractivity contribution < 1.29 is 19.4 Å². The van der Waals surface area contributed by atoms with Gasteiger partial charge >= 0.3 is 5.97 Å². The quantitative estimate of drug-likeness (QED) is 0.858. The van der Waals surface area contributed by atoms with Crippen molar-refractivity contribution in [3.63, 3.8) is 0 Å². The van der Waals surface area contributed by atoms with Crippen LogP contribution >= 0.6 is 0 Å². The lowest BCUT2D eigenvalue weighted by molar-refractivity contribution is 0.0692. The Morgan fingerprint density at radius 1 is 1.13 bits per heavy atom. The molecule has 2 rings (SSSR count). The van der Waals surface area contributed by atoms with E-state index in [0.717, 1.165) is 12.0 Å². The van der Waals surface area contributed by atoms with Crippen LogP contribution in [0.25, 0.3) is 0 Å². The fourth-order valence-corrected chi connectivity index (χ4v) is 2.00. The smallest absolute Gasteiger partial charge is 0.339 e. The molecule has 2 aromatic rings. The lowest BCUT2D eigenvalue weighted by Gasteiger charge is -2.08. The number of carboxylic acid groups (broad SMARTS) is 1. The Morgan fingerprint density at radius 2 is 1.91 bits per heavy atom. The van der Waals surface area contributed by atoms with Gasteiger partial charge in [-0.05, 0) is 36.8 Å². The van der Waals surface area contributed by atoms with Gasteiger partial charge in [0.15, 0.2) is 0 Å². The molecule has 0 atom stereocenters. The van der Waals surface area contributed by atoms with Gasteiger partial charge in [-0.1, -0.05) is 30.9 Å². The minimum atomic E-state index is -1.03. The van der Waals surface area contributed by atoms with E-state index in [4.69, 9.17) is 9.47 Å². The number of hydrogen-bond acceptors (Lipinski definition) is 3. The van der Waals surface area contributed by atoms with E-state index >= 15 is 0 Å². The van der Waals surface area contributed by atoms with Crippen molar-refractivity contribution in [3.8, 4) is 23.3 Å². The number of aromatic carboxylic acids is 1. The van der Waals surface area contributed by atoms with Crippen LogP contribution in [0, 0.1) is 11.8 Å². The highest BCUT2D eigenvalue weighted by Gasteiger charge is 2.11. The van der Waals surface area contributed by atoms with Crippen LogP contribution in [0.1, 0.15) is 34.8 Å². The molecule has 4 heteroatoms. The van der Waals surface area contributed by atoms with Crippen LogP contribution in [0.3, 0.4) is 0 Å². The summed E-state index contributed by atoms with van der Waals surface area (Å²) in [6, 6.07) is 12.3. The van der Waals surface area contributed by atoms with Gasteiger partial charge in [-0.15, -0.1) is 0 Å². The second kappa shape index (κ2) is 7.90. The number of hydrogen-bond donors (Lipinski definition) is 1. The Hall–Kier alpha value is -2.93. The highest BCUT2D eigenvalue weighted by molar-refractivity contribution is 5.91. The number of rotatable bonds is 5. The van der Waals surface area contributed by atoms with Crippen LogP contribution in [0.5, 0.6) is 11.5 Å². The summed E-state index contributed by atoms with van der Waals surface area (Å²) in [5.41, 5.74) is 1.47. The molecule has 23 heavy (non-hydrogen) atoms. The molecule has 0 bridgehead atoms. The second-order valence-corrected chi connectivity index (χ2v) is 4.81. The molecule has 0 radical (unpaired) electrons. The van der Waals surface area contributed by atoms with E-state index in [0.29, 0.717) is 23.7 Å². The first-order valence-corrected chi connectivity index (χ1v) is 7.31. The number of methoxy groups -OCH3 is 1. The number of carbonyl (C=O) groups is 1. The molecule has 0 aliphatic heterocycles. The molecule has 0 saturated heterocycles. The van der Waals surface area contributed by atoms with Gasteiger partial charge in [0.2, 0.25) is 0 Å². The molecule has 0 unspecified atom stereocenters. The second-order valence-electron chi connectivity index (χ2n) is 4.81. The van der Waals surface area contributed by atoms with Crippen LogP contribution < -0.4 is 9.47 Å². The number of para-hydroxylation sites is 1. The lowest BCUT2D eigenvalue weighted by atomic mass is 10.1. The highest BCUT2D eigenvalue weighted by atomic mass is 16.5. The third-order valence-electron chi connectivity index (χ3n) is 3.12. The van der Waals surface area contributed by atoms with Crippen molar-refractivity contribution >= 4 is 5.97 Å². The molecule has 0 aliphatic carbocycles. The fourth-order valence-electron chi connectivity index (χ4n) is 2.00. The first-order chi connectivity index (χ1) is 11.2. The Kier molecular flexibility index (Phi) is 5.65. The van der Waals surface area contributed by atoms with E-state index in [-0.39, 0.29) is 5.56 Å². The predicted molar refractivity (Wildman–Crippen MR) is 88.2 cm³/mol. The maximum absolute atomic E-state index is 11.4. The van der Waals surface area contributed by atoms with E-state index in [1.54, 1.807) is 19.2 Å². The van der Waals surface area contributed by atoms with Crippen LogP contribution in [0.15, 0.2) is 42.5 Å². The van der Waals surface area contributed by atoms with Crippen molar-refractivity contribution in [2.75, 3.05) is 13.7 Å². The van der Waals surface area contributed by atoms with Crippen molar-refractivity contribution in [1.29, 1.82) is 0 Å². The van der Waals surface area contributed by atoms with Gasteiger partial charge in [-0.2, -0.15) is 0 Å². The fraction of sp³-hybridized carbons (Fsp3) is 0.211. The maximum atomic E-state index is 11.4. The van der Waals surface area contributed by atoms with E-state index in [1.165, 1.54) is 6.07 Å². The summed E-state index contributed by atoms with van der Waals surface area (Å²) in [5, 5.41) is 9.31. The van der Waals surface area contributed by atoms with Gasteiger partial charge in [0.25, 0.3) is 0 Å². The number of benzene rings is 2. The zero-order chi connectivity index (χ0) is 16.7. The summed E-state index contributed by atoms with van der Waals surface area (Å²) >= 11 is 0. The van der Waals surface area contributed by atoms with Crippen molar-refractivity contribution in [3.05, 3.63) is 59.2 Å². The van der Waals surface area contributed by atoms with Crippen LogP contribution in [0.2, 0.25) is 0 Å². The van der Waals surface area contributed by atoms with Crippen LogP contribution in [-0.2, 0) is 0 Å². The third-order valence-corrected chi connectivity index (χ3v) is 3.12. The normalized spacial score (nSPS) is 9.65. The molecule has 118 valence electrons. The molecular formula is C19H18O4. The minimum absolute atomic E-state index is 0.116. The van der Waals surface area contributed by atoms with E-state index in [1.807, 2.05) is 31.2 Å². The first kappa shape index (κ1) is 16.4. The maximum Gasteiger partial charge on any atom is 0.339 e. The molecule has 0 fully saturated rings. The molecule has 2 aromatic carbocycles. The van der Waals surface area contributed by atoms with Gasteiger partial charge in [0, 0.05) is 5.56 Å². The SMILES string of the molecule is CCCOc1ccc(C#Cc2ccccc2OC)cc1C(=O)O. The van der Waals surface area contributed by atoms with Gasteiger partial charge in [0.1, 0.15) is 17.1 Å². The van der Waals surface area contributed by atoms with Gasteiger partial charge in [-0.25, -0.2) is 4.79 Å². The average Bonchev–Trinajstić information content (AvgIpc) is 2.58. The Balaban J connectivity index is 2.33. The Bertz CT molecular complexity index is 753. The minimum Gasteiger partial charge on any atom is -0.495 e. The average molecular weight is 310 g/mol. The summed E-state index contributed by atoms with van der Waals surface area (Å²) in [6.45, 7) is 2.44. The molecule has 4 nitrogen and oxygen atoms in total. The molecule has 0 aromatic heterocycles. The topological polar surface area (TPSA) is 55.8 Å². The largest absolute Gasteiger partial charge is 0.495 e. The van der Waals surface area contributed by atoms with Gasteiger partial charge in [0.05, 0.1) is 19.3 Å². The zero-order valence-corrected chi connectivity index (χ0v) is 13.1. The first-order valence-electron chi connectivity index (χ1n) is 7.31. The molecule has 0 amide bonds. The summed E-state index contributed by atoms with van der Waals surface area (Å²) in [4.78, 5) is 11.4. The van der Waals surface area contributed by atoms with Crippen LogP contribution in [-0.4, -0.2) is 24.8 Å². The standard InChI is InChI=1S/C19H18O4/c1-3-12-23-18-11-9-14(13-16(18)19(20)21)8-10-15-6-4-5-7-17(15)22-2/h4-7,9,11,13H,3,12H2,1-2H3,(H,20,21). The summed E-state index contributed by atoms with van der Waals surface area (Å²) in [7, 11) is 1.59. The Morgan fingerprint density at radius 3 is 2.61 bits per heavy atom. The number of ether oxygens (including phenoxy) is 2. The highest BCUT2D eigenvalue weighted by Crippen LogP contribution is 2.21. The summed E-state index contributed by atoms with van der Waals surface area (Å²) < 4.78 is 10.7. The zero-order valence-electron chi connectivity index (χ0n) is 13.1. The lowest BCUT2D eigenvalue weighted by Crippen LogP contribution is -2.04. The molecule has 0 aliphatic rings. The summed E-state index contributed by atoms with van der Waals surface area (Å²) in [5.74, 6) is 5.98. The third kappa shape index (κ3) is 4.27. The van der Waals surface area contributed by atoms with Crippen molar-refractivity contribution in [1.82, 2.24) is 0 Å². The Labute approximate surface area is 135 Å². The van der Waals surface area contributed by atoms with Crippen molar-refractivity contribution in [2.45, 2.75) is 13.3 Å². The van der Waals surface area contributed by atoms with E-state index in [9.17, 15) is 9.90 Å². The van der Waals surface area contributed by atoms with E-state index in [2.05, 4.69) is 11.8 Å². The van der Waals surface area contributed by atoms with Crippen LogP contribution in [0.4, 0.5) is 0 Å². The molecular weight excluding hydrogens is 292 g/mol. The molecule has 0 saturated carbocycles. The molecule has 0 spiro atoms. The van der Waals surface area contributed by atoms with Crippen molar-refractivity contribution in [2.24, 2.45) is 0 Å². The summed E-state index contributed by atoms with van der Waals surface area (Å²) in [6.07, 6.45) is 0.814. The van der Waals surface area contributed by atoms with Gasteiger partial charge < -0.3 is 14.6 Å². The molecule has 1 N–H and O–H groups in total. The van der Waals surface area contributed by atoms with E-state index < -0.39 is 5.97 Å². The monoisotopic (exact) mass is 310 g/mol.